The number of hydrogen-bond acceptors (Lipinski definition) is 3. The summed E-state index contributed by atoms with van der Waals surface area (Å²) in [5.74, 6) is -0.560. The maximum atomic E-state index is 11.8. The first kappa shape index (κ1) is 12.8. The van der Waals surface area contributed by atoms with Crippen LogP contribution in [0.25, 0.3) is 6.08 Å². The molecule has 2 rings (SSSR count). The smallest absolute Gasteiger partial charge is 0.343 e. The second-order valence-corrected chi connectivity index (χ2v) is 3.83. The number of esters is 1. The Kier molecular flexibility index (Phi) is 4.24. The van der Waals surface area contributed by atoms with E-state index in [1.165, 1.54) is 6.08 Å². The van der Waals surface area contributed by atoms with E-state index in [9.17, 15) is 9.59 Å². The lowest BCUT2D eigenvalue weighted by atomic mass is 10.2. The van der Waals surface area contributed by atoms with Crippen molar-refractivity contribution in [2.45, 2.75) is 0 Å². The number of hydrogen-bond donors (Lipinski definition) is 0. The molecule has 2 aromatic rings. The third-order valence-corrected chi connectivity index (χ3v) is 2.44. The van der Waals surface area contributed by atoms with Crippen LogP contribution >= 0.6 is 0 Å². The van der Waals surface area contributed by atoms with E-state index in [-0.39, 0.29) is 5.76 Å². The van der Waals surface area contributed by atoms with Crippen LogP contribution in [0.3, 0.4) is 0 Å². The van der Waals surface area contributed by atoms with Gasteiger partial charge in [-0.2, -0.15) is 0 Å². The summed E-state index contributed by atoms with van der Waals surface area (Å²) in [5, 5.41) is 0. The number of benzene rings is 2. The van der Waals surface area contributed by atoms with Crippen LogP contribution in [0.2, 0.25) is 0 Å². The average molecular weight is 252 g/mol. The van der Waals surface area contributed by atoms with Crippen molar-refractivity contribution in [2.24, 2.45) is 0 Å². The highest BCUT2D eigenvalue weighted by Crippen LogP contribution is 2.09. The monoisotopic (exact) mass is 252 g/mol. The first-order chi connectivity index (χ1) is 9.29. The Morgan fingerprint density at radius 1 is 0.895 bits per heavy atom. The Balaban J connectivity index is 2.14. The molecule has 0 aliphatic rings. The summed E-state index contributed by atoms with van der Waals surface area (Å²) in [4.78, 5) is 22.7. The van der Waals surface area contributed by atoms with Gasteiger partial charge in [0.2, 0.25) is 0 Å². The molecular formula is C16H12O3. The summed E-state index contributed by atoms with van der Waals surface area (Å²) in [6.45, 7) is 0. The zero-order valence-electron chi connectivity index (χ0n) is 10.2. The van der Waals surface area contributed by atoms with Gasteiger partial charge in [-0.3, -0.25) is 4.79 Å². The van der Waals surface area contributed by atoms with Crippen molar-refractivity contribution in [1.29, 1.82) is 0 Å². The van der Waals surface area contributed by atoms with Crippen LogP contribution in [0.15, 0.2) is 66.4 Å². The van der Waals surface area contributed by atoms with Crippen LogP contribution < -0.4 is 0 Å². The normalized spacial score (nSPS) is 10.8. The highest BCUT2D eigenvalue weighted by Gasteiger charge is 2.09. The summed E-state index contributed by atoms with van der Waals surface area (Å²) in [7, 11) is 0. The third kappa shape index (κ3) is 3.64. The van der Waals surface area contributed by atoms with Gasteiger partial charge < -0.3 is 4.74 Å². The standard InChI is InChI=1S/C16H12O3/c17-12-15(11-13-7-3-1-4-8-13)19-16(18)14-9-5-2-6-10-14/h1-12H. The van der Waals surface area contributed by atoms with Gasteiger partial charge in [-0.25, -0.2) is 4.79 Å². The number of carbonyl (C=O) groups excluding carboxylic acids is 2. The minimum Gasteiger partial charge on any atom is -0.419 e. The molecule has 0 bridgehead atoms. The van der Waals surface area contributed by atoms with Crippen molar-refractivity contribution < 1.29 is 14.3 Å². The summed E-state index contributed by atoms with van der Waals surface area (Å²) >= 11 is 0. The second-order valence-electron chi connectivity index (χ2n) is 3.83. The van der Waals surface area contributed by atoms with Crippen LogP contribution in [0, 0.1) is 0 Å². The zero-order valence-corrected chi connectivity index (χ0v) is 10.2. The SMILES string of the molecule is O=CC(=Cc1ccccc1)OC(=O)c1ccccc1. The first-order valence-electron chi connectivity index (χ1n) is 5.79. The predicted molar refractivity (Wildman–Crippen MR) is 72.3 cm³/mol. The van der Waals surface area contributed by atoms with Crippen LogP contribution in [0.5, 0.6) is 0 Å². The predicted octanol–water partition coefficient (Wildman–Crippen LogP) is 3.08. The van der Waals surface area contributed by atoms with Gasteiger partial charge in [0.05, 0.1) is 5.56 Å². The summed E-state index contributed by atoms with van der Waals surface area (Å²) < 4.78 is 5.04. The maximum absolute atomic E-state index is 11.8. The van der Waals surface area contributed by atoms with Crippen molar-refractivity contribution >= 4 is 18.3 Å². The van der Waals surface area contributed by atoms with Gasteiger partial charge in [0, 0.05) is 0 Å². The van der Waals surface area contributed by atoms with Crippen LogP contribution in [-0.4, -0.2) is 12.3 Å². The fourth-order valence-corrected chi connectivity index (χ4v) is 1.54. The maximum Gasteiger partial charge on any atom is 0.343 e. The van der Waals surface area contributed by atoms with E-state index in [0.717, 1.165) is 5.56 Å². The Morgan fingerprint density at radius 2 is 1.47 bits per heavy atom. The van der Waals surface area contributed by atoms with Crippen molar-refractivity contribution in [3.05, 3.63) is 77.5 Å². The topological polar surface area (TPSA) is 43.4 Å². The molecule has 3 nitrogen and oxygen atoms in total. The molecule has 0 aliphatic carbocycles. The van der Waals surface area contributed by atoms with Gasteiger partial charge in [-0.15, -0.1) is 0 Å². The number of ether oxygens (including phenoxy) is 1. The zero-order chi connectivity index (χ0) is 13.5. The fraction of sp³-hybridized carbons (Fsp3) is 0. The van der Waals surface area contributed by atoms with E-state index < -0.39 is 5.97 Å². The van der Waals surface area contributed by atoms with Gasteiger partial charge in [-0.05, 0) is 23.8 Å². The molecule has 94 valence electrons. The number of carbonyl (C=O) groups is 2. The molecule has 0 aliphatic heterocycles. The van der Waals surface area contributed by atoms with Gasteiger partial charge >= 0.3 is 5.97 Å². The Morgan fingerprint density at radius 3 is 2.05 bits per heavy atom. The lowest BCUT2D eigenvalue weighted by molar-refractivity contribution is -0.107. The van der Waals surface area contributed by atoms with Gasteiger partial charge in [0.25, 0.3) is 0 Å². The van der Waals surface area contributed by atoms with Gasteiger partial charge in [0.1, 0.15) is 0 Å². The quantitative estimate of drug-likeness (QED) is 0.363. The molecule has 0 aromatic heterocycles. The minimum absolute atomic E-state index is 0.0138. The van der Waals surface area contributed by atoms with E-state index in [0.29, 0.717) is 11.8 Å². The van der Waals surface area contributed by atoms with Crippen molar-refractivity contribution in [1.82, 2.24) is 0 Å². The fourth-order valence-electron chi connectivity index (χ4n) is 1.54. The Bertz CT molecular complexity index is 586. The highest BCUT2D eigenvalue weighted by molar-refractivity contribution is 5.93. The summed E-state index contributed by atoms with van der Waals surface area (Å²) in [6, 6.07) is 17.7. The molecule has 0 saturated heterocycles. The van der Waals surface area contributed by atoms with Crippen LogP contribution in [-0.2, 0) is 9.53 Å². The first-order valence-corrected chi connectivity index (χ1v) is 5.79. The van der Waals surface area contributed by atoms with Crippen LogP contribution in [0.4, 0.5) is 0 Å². The van der Waals surface area contributed by atoms with Gasteiger partial charge in [-0.1, -0.05) is 48.5 Å². The number of rotatable bonds is 4. The Hall–Kier alpha value is -2.68. The lowest BCUT2D eigenvalue weighted by Crippen LogP contribution is -2.05. The summed E-state index contributed by atoms with van der Waals surface area (Å²) in [5.41, 5.74) is 1.20. The molecule has 2 aromatic carbocycles. The molecule has 0 atom stereocenters. The van der Waals surface area contributed by atoms with E-state index >= 15 is 0 Å². The molecule has 0 unspecified atom stereocenters. The van der Waals surface area contributed by atoms with Crippen molar-refractivity contribution in [2.75, 3.05) is 0 Å². The molecule has 0 heterocycles. The largest absolute Gasteiger partial charge is 0.419 e. The minimum atomic E-state index is -0.546. The second kappa shape index (κ2) is 6.31. The number of allylic oxidation sites excluding steroid dienone is 1. The summed E-state index contributed by atoms with van der Waals surface area (Å²) in [6.07, 6.45) is 2.04. The number of aldehydes is 1. The third-order valence-electron chi connectivity index (χ3n) is 2.44. The molecule has 0 radical (unpaired) electrons. The molecule has 0 saturated carbocycles. The van der Waals surface area contributed by atoms with E-state index in [4.69, 9.17) is 4.74 Å². The molecule has 0 amide bonds. The van der Waals surface area contributed by atoms with E-state index in [1.807, 2.05) is 30.3 Å². The molecule has 0 N–H and O–H groups in total. The Labute approximate surface area is 111 Å². The molecule has 3 heteroatoms. The highest BCUT2D eigenvalue weighted by atomic mass is 16.5. The van der Waals surface area contributed by atoms with E-state index in [1.54, 1.807) is 30.3 Å². The molecule has 19 heavy (non-hydrogen) atoms. The average Bonchev–Trinajstić information content (AvgIpc) is 2.48. The van der Waals surface area contributed by atoms with Crippen molar-refractivity contribution in [3.8, 4) is 0 Å². The van der Waals surface area contributed by atoms with Crippen molar-refractivity contribution in [3.63, 3.8) is 0 Å². The molecular weight excluding hydrogens is 240 g/mol. The van der Waals surface area contributed by atoms with E-state index in [2.05, 4.69) is 0 Å². The molecule has 0 fully saturated rings. The van der Waals surface area contributed by atoms with Crippen LogP contribution in [0.1, 0.15) is 15.9 Å². The van der Waals surface area contributed by atoms with Gasteiger partial charge in [0.15, 0.2) is 12.0 Å². The molecule has 0 spiro atoms. The lowest BCUT2D eigenvalue weighted by Gasteiger charge is -2.03.